The van der Waals surface area contributed by atoms with Crippen LogP contribution in [0.3, 0.4) is 0 Å². The molecular weight excluding hydrogens is 482 g/mol. The molecule has 0 aliphatic rings. The third-order valence-corrected chi connectivity index (χ3v) is 6.74. The van der Waals surface area contributed by atoms with Gasteiger partial charge in [0.15, 0.2) is 14.6 Å². The zero-order valence-electron chi connectivity index (χ0n) is 16.8. The molecule has 0 radical (unpaired) electrons. The standard InChI is InChI=1S/C19H16ClN3O7S2/c1-3-30-17(24)10-22-15-7-5-12(32(2,28)29)9-16(15)31-19(22)21-18(25)13-8-11(23(26)27)4-6-14(13)20/h4-9H,3,10H2,1-2H3. The molecule has 3 aromatic rings. The van der Waals surface area contributed by atoms with Crippen LogP contribution in [0.1, 0.15) is 17.3 Å². The molecule has 1 amide bonds. The van der Waals surface area contributed by atoms with Crippen LogP contribution in [0.4, 0.5) is 5.69 Å². The van der Waals surface area contributed by atoms with E-state index >= 15 is 0 Å². The van der Waals surface area contributed by atoms with Gasteiger partial charge >= 0.3 is 5.97 Å². The Hall–Kier alpha value is -3.09. The molecule has 1 aromatic heterocycles. The van der Waals surface area contributed by atoms with Gasteiger partial charge in [-0.2, -0.15) is 4.99 Å². The highest BCUT2D eigenvalue weighted by molar-refractivity contribution is 7.90. The van der Waals surface area contributed by atoms with Gasteiger partial charge in [0.25, 0.3) is 11.6 Å². The lowest BCUT2D eigenvalue weighted by Crippen LogP contribution is -2.23. The van der Waals surface area contributed by atoms with Crippen LogP contribution < -0.4 is 4.80 Å². The van der Waals surface area contributed by atoms with Crippen LogP contribution in [0.15, 0.2) is 46.3 Å². The van der Waals surface area contributed by atoms with Crippen LogP contribution in [0.5, 0.6) is 0 Å². The molecule has 0 aliphatic carbocycles. The molecule has 0 fully saturated rings. The Morgan fingerprint density at radius 1 is 1.25 bits per heavy atom. The zero-order valence-corrected chi connectivity index (χ0v) is 19.2. The molecule has 32 heavy (non-hydrogen) atoms. The quantitative estimate of drug-likeness (QED) is 0.290. The van der Waals surface area contributed by atoms with Crippen LogP contribution in [-0.4, -0.2) is 42.6 Å². The first-order valence-corrected chi connectivity index (χ1v) is 12.1. The van der Waals surface area contributed by atoms with E-state index in [1.165, 1.54) is 28.8 Å². The molecule has 168 valence electrons. The first-order valence-electron chi connectivity index (χ1n) is 9.03. The Bertz CT molecular complexity index is 1420. The third kappa shape index (κ3) is 5.03. The summed E-state index contributed by atoms with van der Waals surface area (Å²) >= 11 is 7.01. The van der Waals surface area contributed by atoms with E-state index in [1.807, 2.05) is 0 Å². The van der Waals surface area contributed by atoms with E-state index in [2.05, 4.69) is 4.99 Å². The topological polar surface area (TPSA) is 138 Å². The van der Waals surface area contributed by atoms with Crippen molar-refractivity contribution in [3.8, 4) is 0 Å². The van der Waals surface area contributed by atoms with Crippen LogP contribution >= 0.6 is 22.9 Å². The van der Waals surface area contributed by atoms with E-state index < -0.39 is 26.6 Å². The number of benzene rings is 2. The average molecular weight is 498 g/mol. The number of hydrogen-bond donors (Lipinski definition) is 0. The molecule has 1 heterocycles. The number of esters is 1. The maximum atomic E-state index is 12.8. The van der Waals surface area contributed by atoms with E-state index in [9.17, 15) is 28.1 Å². The molecule has 13 heteroatoms. The molecule has 3 rings (SSSR count). The lowest BCUT2D eigenvalue weighted by atomic mass is 10.2. The van der Waals surface area contributed by atoms with Gasteiger partial charge in [-0.25, -0.2) is 8.42 Å². The highest BCUT2D eigenvalue weighted by Crippen LogP contribution is 2.24. The van der Waals surface area contributed by atoms with Crippen LogP contribution in [0, 0.1) is 10.1 Å². The fraction of sp³-hybridized carbons (Fsp3) is 0.211. The lowest BCUT2D eigenvalue weighted by Gasteiger charge is -2.06. The number of aromatic nitrogens is 1. The molecule has 0 saturated carbocycles. The van der Waals surface area contributed by atoms with Crippen molar-refractivity contribution in [2.45, 2.75) is 18.4 Å². The average Bonchev–Trinajstić information content (AvgIpc) is 3.03. The predicted molar refractivity (Wildman–Crippen MR) is 118 cm³/mol. The normalized spacial score (nSPS) is 12.2. The second kappa shape index (κ2) is 9.18. The fourth-order valence-electron chi connectivity index (χ4n) is 2.80. The van der Waals surface area contributed by atoms with Crippen LogP contribution in [0.25, 0.3) is 10.2 Å². The number of thiazole rings is 1. The first-order chi connectivity index (χ1) is 15.0. The van der Waals surface area contributed by atoms with Gasteiger partial charge in [0.2, 0.25) is 0 Å². The Morgan fingerprint density at radius 2 is 1.97 bits per heavy atom. The molecule has 0 saturated heterocycles. The molecule has 2 aromatic carbocycles. The number of carbonyl (C=O) groups excluding carboxylic acids is 2. The molecule has 0 spiro atoms. The largest absolute Gasteiger partial charge is 0.465 e. The van der Waals surface area contributed by atoms with E-state index in [-0.39, 0.29) is 39.1 Å². The van der Waals surface area contributed by atoms with E-state index in [0.717, 1.165) is 29.7 Å². The van der Waals surface area contributed by atoms with E-state index in [0.29, 0.717) is 10.2 Å². The summed E-state index contributed by atoms with van der Waals surface area (Å²) in [5.41, 5.74) is -0.0496. The van der Waals surface area contributed by atoms with Crippen molar-refractivity contribution in [2.24, 2.45) is 4.99 Å². The summed E-state index contributed by atoms with van der Waals surface area (Å²) in [5.74, 6) is -1.44. The minimum absolute atomic E-state index is 0.0261. The third-order valence-electron chi connectivity index (χ3n) is 4.26. The monoisotopic (exact) mass is 497 g/mol. The second-order valence-electron chi connectivity index (χ2n) is 6.52. The number of nitro groups is 1. The number of fused-ring (bicyclic) bond motifs is 1. The molecular formula is C19H16ClN3O7S2. The summed E-state index contributed by atoms with van der Waals surface area (Å²) in [6.07, 6.45) is 1.06. The maximum Gasteiger partial charge on any atom is 0.326 e. The van der Waals surface area contributed by atoms with Crippen molar-refractivity contribution in [2.75, 3.05) is 12.9 Å². The predicted octanol–water partition coefficient (Wildman–Crippen LogP) is 2.97. The highest BCUT2D eigenvalue weighted by Gasteiger charge is 2.18. The Labute approximate surface area is 190 Å². The van der Waals surface area contributed by atoms with Gasteiger partial charge in [0.05, 0.1) is 37.2 Å². The molecule has 0 bridgehead atoms. The van der Waals surface area contributed by atoms with Crippen molar-refractivity contribution in [3.05, 3.63) is 61.9 Å². The van der Waals surface area contributed by atoms with Gasteiger partial charge in [-0.3, -0.25) is 19.7 Å². The Morgan fingerprint density at radius 3 is 2.59 bits per heavy atom. The van der Waals surface area contributed by atoms with Gasteiger partial charge in [-0.1, -0.05) is 22.9 Å². The number of amides is 1. The van der Waals surface area contributed by atoms with Gasteiger partial charge in [0, 0.05) is 18.4 Å². The molecule has 0 aliphatic heterocycles. The number of nitro benzene ring substituents is 1. The Balaban J connectivity index is 2.20. The van der Waals surface area contributed by atoms with Crippen LogP contribution in [-0.2, 0) is 25.9 Å². The molecule has 10 nitrogen and oxygen atoms in total. The SMILES string of the molecule is CCOC(=O)Cn1c(=NC(=O)c2cc([N+](=O)[O-])ccc2Cl)sc2cc(S(C)(=O)=O)ccc21. The molecule has 0 N–H and O–H groups in total. The number of carbonyl (C=O) groups is 2. The van der Waals surface area contributed by atoms with Crippen molar-refractivity contribution < 1.29 is 27.7 Å². The van der Waals surface area contributed by atoms with Crippen molar-refractivity contribution in [1.82, 2.24) is 4.57 Å². The minimum Gasteiger partial charge on any atom is -0.465 e. The number of ether oxygens (including phenoxy) is 1. The van der Waals surface area contributed by atoms with Gasteiger partial charge < -0.3 is 9.30 Å². The zero-order chi connectivity index (χ0) is 23.6. The van der Waals surface area contributed by atoms with Crippen molar-refractivity contribution in [3.63, 3.8) is 0 Å². The molecule has 0 atom stereocenters. The van der Waals surface area contributed by atoms with E-state index in [4.69, 9.17) is 16.3 Å². The summed E-state index contributed by atoms with van der Waals surface area (Å²) in [7, 11) is -3.49. The lowest BCUT2D eigenvalue weighted by molar-refractivity contribution is -0.384. The summed E-state index contributed by atoms with van der Waals surface area (Å²) < 4.78 is 30.6. The van der Waals surface area contributed by atoms with Gasteiger partial charge in [0.1, 0.15) is 6.54 Å². The minimum atomic E-state index is -3.49. The maximum absolute atomic E-state index is 12.8. The smallest absolute Gasteiger partial charge is 0.326 e. The number of nitrogens with zero attached hydrogens (tertiary/aromatic N) is 3. The van der Waals surface area contributed by atoms with Gasteiger partial charge in [-0.05, 0) is 31.2 Å². The molecule has 0 unspecified atom stereocenters. The second-order valence-corrected chi connectivity index (χ2v) is 9.95. The number of non-ortho nitro benzene ring substituents is 1. The van der Waals surface area contributed by atoms with E-state index in [1.54, 1.807) is 6.92 Å². The Kier molecular flexibility index (Phi) is 6.77. The van der Waals surface area contributed by atoms with Gasteiger partial charge in [-0.15, -0.1) is 0 Å². The fourth-order valence-corrected chi connectivity index (χ4v) is 4.78. The number of rotatable bonds is 6. The number of hydrogen-bond acceptors (Lipinski definition) is 8. The summed E-state index contributed by atoms with van der Waals surface area (Å²) in [6, 6.07) is 7.70. The number of halogens is 1. The highest BCUT2D eigenvalue weighted by atomic mass is 35.5. The first kappa shape index (κ1) is 23.6. The van der Waals surface area contributed by atoms with Crippen molar-refractivity contribution in [1.29, 1.82) is 0 Å². The summed E-state index contributed by atoms with van der Waals surface area (Å²) in [4.78, 5) is 39.4. The number of sulfone groups is 1. The summed E-state index contributed by atoms with van der Waals surface area (Å²) in [5, 5.41) is 11.0. The van der Waals surface area contributed by atoms with Crippen molar-refractivity contribution >= 4 is 60.6 Å². The van der Waals surface area contributed by atoms with Crippen LogP contribution in [0.2, 0.25) is 5.02 Å². The summed E-state index contributed by atoms with van der Waals surface area (Å²) in [6.45, 7) is 1.51.